The zero-order valence-corrected chi connectivity index (χ0v) is 12.1. The molecule has 0 bridgehead atoms. The number of halogens is 1. The van der Waals surface area contributed by atoms with Gasteiger partial charge >= 0.3 is 0 Å². The number of hydrogen-bond donors (Lipinski definition) is 1. The minimum absolute atomic E-state index is 0.0233. The molecule has 1 atom stereocenters. The normalized spacial score (nSPS) is 20.1. The molecule has 1 aliphatic heterocycles. The first-order valence-electron chi connectivity index (χ1n) is 5.92. The molecule has 1 N–H and O–H groups in total. The number of ether oxygens (including phenoxy) is 1. The number of sulfonamides is 1. The third-order valence-corrected chi connectivity index (χ3v) is 5.65. The van der Waals surface area contributed by atoms with E-state index >= 15 is 0 Å². The van der Waals surface area contributed by atoms with Crippen LogP contribution in [-0.4, -0.2) is 44.1 Å². The van der Waals surface area contributed by atoms with E-state index in [9.17, 15) is 8.42 Å². The Morgan fingerprint density at radius 1 is 1.53 bits per heavy atom. The number of rotatable bonds is 4. The summed E-state index contributed by atoms with van der Waals surface area (Å²) in [6, 6.07) is 4.32. The standard InChI is InChI=1S/C12H16ClNO4S/c1-14(10-4-5-18-8-10)19(16,17)12-6-9(7-15)2-3-11(12)13/h2-3,6,10,15H,4-5,7-8H2,1H3. The number of likely N-dealkylation sites (N-methyl/N-ethyl adjacent to an activating group) is 1. The molecule has 2 rings (SSSR count). The molecule has 1 aliphatic rings. The van der Waals surface area contributed by atoms with E-state index in [0.29, 0.717) is 25.2 Å². The second-order valence-electron chi connectivity index (χ2n) is 4.46. The lowest BCUT2D eigenvalue weighted by molar-refractivity contribution is 0.181. The summed E-state index contributed by atoms with van der Waals surface area (Å²) in [5.41, 5.74) is 0.513. The lowest BCUT2D eigenvalue weighted by atomic mass is 10.2. The third kappa shape index (κ3) is 2.93. The van der Waals surface area contributed by atoms with E-state index in [0.717, 1.165) is 0 Å². The number of nitrogens with zero attached hydrogens (tertiary/aromatic N) is 1. The molecule has 1 heterocycles. The molecule has 19 heavy (non-hydrogen) atoms. The molecule has 106 valence electrons. The Hall–Kier alpha value is -0.660. The van der Waals surface area contributed by atoms with Crippen LogP contribution in [0.5, 0.6) is 0 Å². The fourth-order valence-electron chi connectivity index (χ4n) is 2.00. The Kier molecular flexibility index (Phi) is 4.47. The Morgan fingerprint density at radius 2 is 2.26 bits per heavy atom. The summed E-state index contributed by atoms with van der Waals surface area (Å²) in [6.45, 7) is 0.734. The summed E-state index contributed by atoms with van der Waals surface area (Å²) in [4.78, 5) is 0.0233. The van der Waals surface area contributed by atoms with Crippen LogP contribution in [0.15, 0.2) is 23.1 Å². The molecule has 1 unspecified atom stereocenters. The van der Waals surface area contributed by atoms with Crippen molar-refractivity contribution in [2.45, 2.75) is 24.0 Å². The highest BCUT2D eigenvalue weighted by atomic mass is 35.5. The van der Waals surface area contributed by atoms with Crippen molar-refractivity contribution in [3.05, 3.63) is 28.8 Å². The van der Waals surface area contributed by atoms with E-state index in [-0.39, 0.29) is 22.6 Å². The van der Waals surface area contributed by atoms with Gasteiger partial charge in [0.05, 0.1) is 24.3 Å². The van der Waals surface area contributed by atoms with E-state index in [2.05, 4.69) is 0 Å². The molecule has 1 aromatic rings. The second kappa shape index (κ2) is 5.76. The molecule has 0 aromatic heterocycles. The largest absolute Gasteiger partial charge is 0.392 e. The van der Waals surface area contributed by atoms with Crippen LogP contribution in [-0.2, 0) is 21.4 Å². The number of aliphatic hydroxyl groups is 1. The van der Waals surface area contributed by atoms with E-state index < -0.39 is 10.0 Å². The summed E-state index contributed by atoms with van der Waals surface area (Å²) >= 11 is 5.97. The molecular weight excluding hydrogens is 290 g/mol. The summed E-state index contributed by atoms with van der Waals surface area (Å²) in [5, 5.41) is 9.25. The van der Waals surface area contributed by atoms with Crippen LogP contribution in [0, 0.1) is 0 Å². The van der Waals surface area contributed by atoms with Crippen molar-refractivity contribution in [3.63, 3.8) is 0 Å². The van der Waals surface area contributed by atoms with Gasteiger partial charge in [0, 0.05) is 13.7 Å². The predicted molar refractivity (Wildman–Crippen MR) is 71.5 cm³/mol. The molecule has 1 fully saturated rings. The molecule has 7 heteroatoms. The Labute approximate surface area is 117 Å². The average Bonchev–Trinajstić information content (AvgIpc) is 2.92. The van der Waals surface area contributed by atoms with E-state index in [1.54, 1.807) is 6.07 Å². The van der Waals surface area contributed by atoms with Gasteiger partial charge in [-0.15, -0.1) is 0 Å². The van der Waals surface area contributed by atoms with Gasteiger partial charge in [0.2, 0.25) is 10.0 Å². The minimum atomic E-state index is -3.68. The van der Waals surface area contributed by atoms with Crippen LogP contribution in [0.1, 0.15) is 12.0 Å². The molecule has 0 radical (unpaired) electrons. The first kappa shape index (κ1) is 14.7. The van der Waals surface area contributed by atoms with Gasteiger partial charge in [-0.05, 0) is 24.1 Å². The third-order valence-electron chi connectivity index (χ3n) is 3.26. The van der Waals surface area contributed by atoms with E-state index in [1.807, 2.05) is 0 Å². The first-order chi connectivity index (χ1) is 8.96. The van der Waals surface area contributed by atoms with Crippen LogP contribution in [0.3, 0.4) is 0 Å². The van der Waals surface area contributed by atoms with Crippen molar-refractivity contribution in [1.29, 1.82) is 0 Å². The smallest absolute Gasteiger partial charge is 0.244 e. The fourth-order valence-corrected chi connectivity index (χ4v) is 3.90. The highest BCUT2D eigenvalue weighted by Crippen LogP contribution is 2.27. The summed E-state index contributed by atoms with van der Waals surface area (Å²) in [7, 11) is -2.15. The topological polar surface area (TPSA) is 66.8 Å². The van der Waals surface area contributed by atoms with Gasteiger partial charge in [-0.2, -0.15) is 4.31 Å². The van der Waals surface area contributed by atoms with Crippen molar-refractivity contribution >= 4 is 21.6 Å². The van der Waals surface area contributed by atoms with Crippen LogP contribution in [0.2, 0.25) is 5.02 Å². The van der Waals surface area contributed by atoms with Crippen LogP contribution < -0.4 is 0 Å². The zero-order chi connectivity index (χ0) is 14.0. The average molecular weight is 306 g/mol. The molecule has 0 aliphatic carbocycles. The van der Waals surface area contributed by atoms with E-state index in [1.165, 1.54) is 23.5 Å². The molecule has 5 nitrogen and oxygen atoms in total. The minimum Gasteiger partial charge on any atom is -0.392 e. The quantitative estimate of drug-likeness (QED) is 0.909. The van der Waals surface area contributed by atoms with E-state index in [4.69, 9.17) is 21.4 Å². The van der Waals surface area contributed by atoms with Crippen LogP contribution in [0.4, 0.5) is 0 Å². The van der Waals surface area contributed by atoms with Crippen LogP contribution >= 0.6 is 11.6 Å². The van der Waals surface area contributed by atoms with Gasteiger partial charge in [-0.3, -0.25) is 0 Å². The molecule has 0 spiro atoms. The summed E-state index contributed by atoms with van der Waals surface area (Å²) in [5.74, 6) is 0. The van der Waals surface area contributed by atoms with Crippen molar-refractivity contribution in [1.82, 2.24) is 4.31 Å². The highest BCUT2D eigenvalue weighted by Gasteiger charge is 2.32. The van der Waals surface area contributed by atoms with Gasteiger partial charge in [0.1, 0.15) is 4.90 Å². The van der Waals surface area contributed by atoms with Gasteiger partial charge in [-0.1, -0.05) is 17.7 Å². The maximum atomic E-state index is 12.5. The maximum Gasteiger partial charge on any atom is 0.244 e. The van der Waals surface area contributed by atoms with Gasteiger partial charge in [0.15, 0.2) is 0 Å². The van der Waals surface area contributed by atoms with Crippen LogP contribution in [0.25, 0.3) is 0 Å². The molecule has 1 saturated heterocycles. The maximum absolute atomic E-state index is 12.5. The Morgan fingerprint density at radius 3 is 2.84 bits per heavy atom. The molecule has 0 saturated carbocycles. The highest BCUT2D eigenvalue weighted by molar-refractivity contribution is 7.89. The van der Waals surface area contributed by atoms with Crippen molar-refractivity contribution < 1.29 is 18.3 Å². The second-order valence-corrected chi connectivity index (χ2v) is 6.83. The SMILES string of the molecule is CN(C1CCOC1)S(=O)(=O)c1cc(CO)ccc1Cl. The number of aliphatic hydroxyl groups excluding tert-OH is 1. The lowest BCUT2D eigenvalue weighted by Crippen LogP contribution is -2.37. The first-order valence-corrected chi connectivity index (χ1v) is 7.73. The number of hydrogen-bond acceptors (Lipinski definition) is 4. The molecule has 1 aromatic carbocycles. The zero-order valence-electron chi connectivity index (χ0n) is 10.5. The van der Waals surface area contributed by atoms with Gasteiger partial charge in [0.25, 0.3) is 0 Å². The lowest BCUT2D eigenvalue weighted by Gasteiger charge is -2.23. The van der Waals surface area contributed by atoms with Crippen molar-refractivity contribution in [2.75, 3.05) is 20.3 Å². The van der Waals surface area contributed by atoms with Gasteiger partial charge in [-0.25, -0.2) is 8.42 Å². The number of benzene rings is 1. The molecular formula is C12H16ClNO4S. The Bertz CT molecular complexity index is 555. The fraction of sp³-hybridized carbons (Fsp3) is 0.500. The summed E-state index contributed by atoms with van der Waals surface area (Å²) < 4.78 is 31.5. The monoisotopic (exact) mass is 305 g/mol. The Balaban J connectivity index is 2.38. The van der Waals surface area contributed by atoms with Crippen molar-refractivity contribution in [3.8, 4) is 0 Å². The summed E-state index contributed by atoms with van der Waals surface area (Å²) in [6.07, 6.45) is 0.674. The van der Waals surface area contributed by atoms with Crippen molar-refractivity contribution in [2.24, 2.45) is 0 Å². The molecule has 0 amide bonds. The van der Waals surface area contributed by atoms with Gasteiger partial charge < -0.3 is 9.84 Å². The predicted octanol–water partition coefficient (Wildman–Crippen LogP) is 1.24.